The van der Waals surface area contributed by atoms with Crippen molar-refractivity contribution in [3.05, 3.63) is 65.3 Å². The van der Waals surface area contributed by atoms with E-state index in [4.69, 9.17) is 41.6 Å². The van der Waals surface area contributed by atoms with E-state index in [1.165, 1.54) is 38.3 Å². The van der Waals surface area contributed by atoms with Crippen LogP contribution in [0.25, 0.3) is 0 Å². The van der Waals surface area contributed by atoms with Gasteiger partial charge in [-0.2, -0.15) is 0 Å². The number of carbonyl (C=O) groups is 6. The second kappa shape index (κ2) is 17.1. The van der Waals surface area contributed by atoms with E-state index >= 15 is 0 Å². The fraction of sp³-hybridized carbons (Fsp3) is 0.472. The van der Waals surface area contributed by atoms with Crippen molar-refractivity contribution in [2.24, 2.45) is 33.5 Å². The van der Waals surface area contributed by atoms with Crippen molar-refractivity contribution in [3.63, 3.8) is 0 Å². The summed E-state index contributed by atoms with van der Waals surface area (Å²) in [6, 6.07) is 4.97. The zero-order valence-corrected chi connectivity index (χ0v) is 29.7. The number of methoxy groups -OCH3 is 1. The Morgan fingerprint density at radius 2 is 1.79 bits per heavy atom. The standard InChI is InChI=1S/C30H33NO9.C6H14N4O2/c1-18(24(33)31-22-9-7-20(8-10-22)25(34)35)6-5-14-28(3)23-13-16-29(27(37)40-28)15-11-21(26(36)38-4)12-17-30(23,29)39-19(2)32;7-4(5(11)12)2-1-3-10-6(8)9/h5-11,14,23H,12-13,15-17H2,1-4H3,(H,31,33)(H,34,35);4H,1-3,7H2,(H,11,12)(H4,8,9,10)/b14-5+,18-6+;/t23-,28+,29+,30-;4-/m00/s1. The highest BCUT2D eigenvalue weighted by molar-refractivity contribution is 6.03. The first kappa shape index (κ1) is 40.9. The smallest absolute Gasteiger partial charge is 0.335 e. The van der Waals surface area contributed by atoms with E-state index in [1.807, 2.05) is 0 Å². The normalized spacial score (nSPS) is 25.5. The van der Waals surface area contributed by atoms with Gasteiger partial charge in [-0.25, -0.2) is 9.59 Å². The van der Waals surface area contributed by atoms with Crippen molar-refractivity contribution in [1.29, 1.82) is 0 Å². The molecule has 9 N–H and O–H groups in total. The fourth-order valence-corrected chi connectivity index (χ4v) is 7.02. The summed E-state index contributed by atoms with van der Waals surface area (Å²) in [7, 11) is 1.30. The molecule has 2 aliphatic carbocycles. The van der Waals surface area contributed by atoms with Crippen LogP contribution in [0.15, 0.2) is 64.7 Å². The summed E-state index contributed by atoms with van der Waals surface area (Å²) in [5.41, 5.74) is 13.3. The quantitative estimate of drug-likeness (QED) is 0.0344. The van der Waals surface area contributed by atoms with Gasteiger partial charge in [-0.15, -0.1) is 0 Å². The molecule has 0 spiro atoms. The number of carboxylic acid groups (broad SMARTS) is 2. The molecule has 0 unspecified atom stereocenters. The number of guanidine groups is 1. The predicted molar refractivity (Wildman–Crippen MR) is 189 cm³/mol. The number of nitrogens with two attached hydrogens (primary N) is 3. The first-order chi connectivity index (χ1) is 24.4. The SMILES string of the molecule is COC(=O)C1=CC[C@@]23CC[C@@H]([C@@](C)(/C=C/C=C(\C)C(=O)Nc4ccc(C(=O)O)cc4)OC2=O)[C@@]3(OC(C)=O)CC1.NC(N)=NCCC[C@H](N)C(=O)O. The second-order valence-electron chi connectivity index (χ2n) is 13.1. The van der Waals surface area contributed by atoms with Crippen LogP contribution in [0.3, 0.4) is 0 Å². The predicted octanol–water partition coefficient (Wildman–Crippen LogP) is 2.57. The number of aliphatic carboxylic acids is 1. The lowest BCUT2D eigenvalue weighted by Crippen LogP contribution is -2.65. The molecule has 16 heteroatoms. The minimum absolute atomic E-state index is 0.0129. The molecule has 4 rings (SSSR count). The van der Waals surface area contributed by atoms with E-state index in [2.05, 4.69) is 10.3 Å². The summed E-state index contributed by atoms with van der Waals surface area (Å²) in [6.45, 7) is 5.11. The van der Waals surface area contributed by atoms with Crippen molar-refractivity contribution in [2.45, 2.75) is 83.0 Å². The highest BCUT2D eigenvalue weighted by atomic mass is 16.6. The maximum atomic E-state index is 13.7. The van der Waals surface area contributed by atoms with Crippen LogP contribution < -0.4 is 22.5 Å². The number of nitrogens with one attached hydrogen (secondary N) is 1. The van der Waals surface area contributed by atoms with E-state index in [-0.39, 0.29) is 42.6 Å². The molecular formula is C36H47N5O11. The van der Waals surface area contributed by atoms with Crippen LogP contribution in [-0.2, 0) is 38.2 Å². The molecular weight excluding hydrogens is 678 g/mol. The average Bonchev–Trinajstić information content (AvgIpc) is 3.23. The number of rotatable bonds is 12. The Morgan fingerprint density at radius 1 is 1.12 bits per heavy atom. The topological polar surface area (TPSA) is 273 Å². The molecule has 1 saturated heterocycles. The number of ether oxygens (including phenoxy) is 3. The molecule has 52 heavy (non-hydrogen) atoms. The Balaban J connectivity index is 0.000000521. The third-order valence-electron chi connectivity index (χ3n) is 9.67. The van der Waals surface area contributed by atoms with Crippen molar-refractivity contribution in [1.82, 2.24) is 0 Å². The van der Waals surface area contributed by atoms with Crippen LogP contribution in [0.5, 0.6) is 0 Å². The summed E-state index contributed by atoms with van der Waals surface area (Å²) < 4.78 is 17.0. The first-order valence-electron chi connectivity index (χ1n) is 16.7. The number of nitrogens with zero attached hydrogens (tertiary/aromatic N) is 1. The number of aliphatic imine (C=N–C) groups is 1. The van der Waals surface area contributed by atoms with Crippen molar-refractivity contribution < 1.29 is 53.2 Å². The van der Waals surface area contributed by atoms with E-state index < -0.39 is 52.5 Å². The van der Waals surface area contributed by atoms with E-state index in [1.54, 1.807) is 38.2 Å². The molecule has 282 valence electrons. The maximum absolute atomic E-state index is 13.7. The number of esters is 3. The molecule has 1 aliphatic heterocycles. The molecule has 1 saturated carbocycles. The average molecular weight is 726 g/mol. The molecule has 1 aromatic carbocycles. The summed E-state index contributed by atoms with van der Waals surface area (Å²) >= 11 is 0. The molecule has 5 atom stereocenters. The number of amides is 1. The van der Waals surface area contributed by atoms with Crippen LogP contribution in [-0.4, -0.2) is 82.8 Å². The van der Waals surface area contributed by atoms with Gasteiger partial charge in [0.05, 0.1) is 12.7 Å². The zero-order chi connectivity index (χ0) is 38.9. The number of hydrogen-bond acceptors (Lipinski definition) is 11. The molecule has 2 fully saturated rings. The van der Waals surface area contributed by atoms with Crippen molar-refractivity contribution in [3.8, 4) is 0 Å². The highest BCUT2D eigenvalue weighted by Crippen LogP contribution is 2.65. The van der Waals surface area contributed by atoms with Gasteiger partial charge in [-0.1, -0.05) is 18.2 Å². The number of carbonyl (C=O) groups excluding carboxylic acids is 4. The summed E-state index contributed by atoms with van der Waals surface area (Å²) in [5.74, 6) is -4.29. The lowest BCUT2D eigenvalue weighted by molar-refractivity contribution is -0.235. The van der Waals surface area contributed by atoms with Gasteiger partial charge in [0.15, 0.2) is 5.96 Å². The largest absolute Gasteiger partial charge is 0.480 e. The Labute approximate surface area is 301 Å². The monoisotopic (exact) mass is 725 g/mol. The maximum Gasteiger partial charge on any atom is 0.335 e. The van der Waals surface area contributed by atoms with Crippen LogP contribution in [0.1, 0.15) is 76.1 Å². The van der Waals surface area contributed by atoms with Gasteiger partial charge >= 0.3 is 29.8 Å². The number of aromatic carboxylic acids is 1. The van der Waals surface area contributed by atoms with E-state index in [9.17, 15) is 28.8 Å². The van der Waals surface area contributed by atoms with Gasteiger partial charge in [0.1, 0.15) is 22.7 Å². The van der Waals surface area contributed by atoms with Crippen LogP contribution in [0, 0.1) is 11.3 Å². The number of cyclic esters (lactones) is 1. The molecule has 1 amide bonds. The van der Waals surface area contributed by atoms with Gasteiger partial charge in [-0.05, 0) is 89.1 Å². The molecule has 1 aromatic rings. The molecule has 0 radical (unpaired) electrons. The number of anilines is 1. The van der Waals surface area contributed by atoms with Gasteiger partial charge in [-0.3, -0.25) is 24.2 Å². The lowest BCUT2D eigenvalue weighted by atomic mass is 9.62. The van der Waals surface area contributed by atoms with Gasteiger partial charge < -0.3 is 46.9 Å². The summed E-state index contributed by atoms with van der Waals surface area (Å²) in [5, 5.41) is 20.1. The number of allylic oxidation sites excluding steroid dienone is 3. The Morgan fingerprint density at radius 3 is 2.37 bits per heavy atom. The lowest BCUT2D eigenvalue weighted by Gasteiger charge is -2.54. The first-order valence-corrected chi connectivity index (χ1v) is 16.7. The minimum atomic E-state index is -1.17. The van der Waals surface area contributed by atoms with Crippen molar-refractivity contribution >= 4 is 47.4 Å². The van der Waals surface area contributed by atoms with E-state index in [0.717, 1.165) is 0 Å². The van der Waals surface area contributed by atoms with Gasteiger partial charge in [0.2, 0.25) is 0 Å². The number of hydrogen-bond donors (Lipinski definition) is 6. The van der Waals surface area contributed by atoms with Crippen molar-refractivity contribution in [2.75, 3.05) is 19.0 Å². The molecule has 0 aromatic heterocycles. The third-order valence-corrected chi connectivity index (χ3v) is 9.67. The highest BCUT2D eigenvalue weighted by Gasteiger charge is 2.74. The van der Waals surface area contributed by atoms with Crippen LogP contribution in [0.4, 0.5) is 5.69 Å². The minimum Gasteiger partial charge on any atom is -0.480 e. The molecule has 1 heterocycles. The Kier molecular flexibility index (Phi) is 13.5. The number of benzene rings is 1. The Hall–Kier alpha value is -5.51. The summed E-state index contributed by atoms with van der Waals surface area (Å²) in [4.78, 5) is 75.9. The van der Waals surface area contributed by atoms with Gasteiger partial charge in [0, 0.05) is 36.2 Å². The van der Waals surface area contributed by atoms with Gasteiger partial charge in [0.25, 0.3) is 5.91 Å². The summed E-state index contributed by atoms with van der Waals surface area (Å²) in [6.07, 6.45) is 9.35. The van der Waals surface area contributed by atoms with Crippen LogP contribution >= 0.6 is 0 Å². The van der Waals surface area contributed by atoms with Crippen LogP contribution in [0.2, 0.25) is 0 Å². The molecule has 2 bridgehead atoms. The number of carboxylic acids is 2. The zero-order valence-electron chi connectivity index (χ0n) is 29.7. The van der Waals surface area contributed by atoms with E-state index in [0.29, 0.717) is 49.1 Å². The fourth-order valence-electron chi connectivity index (χ4n) is 7.02. The Bertz CT molecular complexity index is 1680. The second-order valence-corrected chi connectivity index (χ2v) is 13.1. The molecule has 3 aliphatic rings. The molecule has 16 nitrogen and oxygen atoms in total. The third kappa shape index (κ3) is 9.23.